The molecule has 1 unspecified atom stereocenters. The molecule has 2 atom stereocenters. The van der Waals surface area contributed by atoms with E-state index in [0.29, 0.717) is 15.9 Å². The minimum absolute atomic E-state index is 0.0502. The summed E-state index contributed by atoms with van der Waals surface area (Å²) in [6.07, 6.45) is 7.02. The molecule has 1 saturated heterocycles. The Morgan fingerprint density at radius 2 is 1.95 bits per heavy atom. The zero-order chi connectivity index (χ0) is 27.9. The number of hydrogen-bond acceptors (Lipinski definition) is 9. The molecule has 1 aromatic carbocycles. The Kier molecular flexibility index (Phi) is 7.71. The number of nitrogens with two attached hydrogens (primary N) is 3. The Labute approximate surface area is 240 Å². The predicted molar refractivity (Wildman–Crippen MR) is 159 cm³/mol. The SMILES string of the molecule is COc1ccc2c(c1)[C@@H](CC(C)(C)S(N)=O)C1(CCN(c3cnc(Sc4ccnc(N)c4Cl)c(N)n3)CC1)C2. The van der Waals surface area contributed by atoms with E-state index < -0.39 is 15.7 Å². The van der Waals surface area contributed by atoms with Crippen molar-refractivity contribution in [2.45, 2.75) is 60.1 Å². The van der Waals surface area contributed by atoms with E-state index in [1.54, 1.807) is 25.6 Å². The molecule has 0 bridgehead atoms. The van der Waals surface area contributed by atoms with Crippen LogP contribution < -0.4 is 26.2 Å². The first-order valence-corrected chi connectivity index (χ1v) is 15.2. The first kappa shape index (κ1) is 27.9. The van der Waals surface area contributed by atoms with E-state index in [9.17, 15) is 4.21 Å². The Bertz CT molecular complexity index is 1410. The number of piperidine rings is 1. The fourth-order valence-corrected chi connectivity index (χ4v) is 7.21. The third-order valence-corrected chi connectivity index (χ3v) is 11.0. The van der Waals surface area contributed by atoms with Gasteiger partial charge in [-0.1, -0.05) is 29.4 Å². The highest BCUT2D eigenvalue weighted by atomic mass is 35.5. The van der Waals surface area contributed by atoms with Crippen LogP contribution in [0.1, 0.15) is 50.2 Å². The van der Waals surface area contributed by atoms with Crippen LogP contribution in [0.2, 0.25) is 5.02 Å². The molecule has 0 radical (unpaired) electrons. The second-order valence-corrected chi connectivity index (χ2v) is 14.0. The van der Waals surface area contributed by atoms with Gasteiger partial charge in [-0.25, -0.2) is 19.2 Å². The lowest BCUT2D eigenvalue weighted by molar-refractivity contribution is 0.170. The molecule has 6 N–H and O–H groups in total. The number of fused-ring (bicyclic) bond motifs is 1. The van der Waals surface area contributed by atoms with Crippen LogP contribution in [0.3, 0.4) is 0 Å². The van der Waals surface area contributed by atoms with E-state index >= 15 is 0 Å². The monoisotopic (exact) mass is 587 g/mol. The highest BCUT2D eigenvalue weighted by Gasteiger charge is 2.50. The molecule has 1 fully saturated rings. The smallest absolute Gasteiger partial charge is 0.158 e. The van der Waals surface area contributed by atoms with E-state index in [4.69, 9.17) is 32.9 Å². The summed E-state index contributed by atoms with van der Waals surface area (Å²) in [6.45, 7) is 5.63. The van der Waals surface area contributed by atoms with Gasteiger partial charge in [0.1, 0.15) is 22.4 Å². The molecule has 2 aromatic heterocycles. The number of halogens is 1. The van der Waals surface area contributed by atoms with Crippen LogP contribution in [0.4, 0.5) is 17.5 Å². The Balaban J connectivity index is 1.35. The largest absolute Gasteiger partial charge is 0.497 e. The fourth-order valence-electron chi connectivity index (χ4n) is 5.86. The molecule has 0 saturated carbocycles. The van der Waals surface area contributed by atoms with Crippen molar-refractivity contribution in [1.82, 2.24) is 15.0 Å². The number of aromatic nitrogens is 3. The van der Waals surface area contributed by atoms with Crippen molar-refractivity contribution in [3.05, 3.63) is 52.8 Å². The van der Waals surface area contributed by atoms with Gasteiger partial charge in [0.05, 0.1) is 34.1 Å². The number of nitrogen functional groups attached to an aromatic ring is 2. The number of anilines is 3. The quantitative estimate of drug-likeness (QED) is 0.362. The van der Waals surface area contributed by atoms with Gasteiger partial charge in [-0.2, -0.15) is 0 Å². The van der Waals surface area contributed by atoms with Crippen molar-refractivity contribution in [1.29, 1.82) is 0 Å². The summed E-state index contributed by atoms with van der Waals surface area (Å²) in [5.74, 6) is 2.44. The van der Waals surface area contributed by atoms with Crippen LogP contribution in [0.25, 0.3) is 0 Å². The van der Waals surface area contributed by atoms with Gasteiger partial charge in [-0.3, -0.25) is 5.14 Å². The number of pyridine rings is 1. The molecule has 12 heteroatoms. The lowest BCUT2D eigenvalue weighted by Gasteiger charge is -2.45. The van der Waals surface area contributed by atoms with Gasteiger partial charge in [0.25, 0.3) is 0 Å². The van der Waals surface area contributed by atoms with Crippen molar-refractivity contribution in [3.8, 4) is 5.75 Å². The third kappa shape index (κ3) is 5.41. The standard InChI is InChI=1S/C27H34ClN7O2S2/c1-26(2,39(31)36)14-19-18-12-17(37-3)5-4-16(18)13-27(19)7-10-35(11-8-27)21-15-33-25(24(30)34-21)38-20-6-9-32-23(29)22(20)28/h4-6,9,12,15,19H,7-8,10-11,13-14,31H2,1-3H3,(H2,29,32)(H2,30,34)/t19-,39?/m1/s1. The predicted octanol–water partition coefficient (Wildman–Crippen LogP) is 4.57. The van der Waals surface area contributed by atoms with E-state index in [0.717, 1.165) is 55.2 Å². The minimum atomic E-state index is -1.43. The number of ether oxygens (including phenoxy) is 1. The van der Waals surface area contributed by atoms with Gasteiger partial charge in [0.2, 0.25) is 0 Å². The van der Waals surface area contributed by atoms with Crippen LogP contribution in [-0.2, 0) is 17.4 Å². The van der Waals surface area contributed by atoms with Crippen LogP contribution in [0, 0.1) is 5.41 Å². The lowest BCUT2D eigenvalue weighted by Crippen LogP contribution is -2.45. The lowest BCUT2D eigenvalue weighted by atomic mass is 9.66. The van der Waals surface area contributed by atoms with Crippen LogP contribution in [0.15, 0.2) is 46.6 Å². The number of methoxy groups -OCH3 is 1. The van der Waals surface area contributed by atoms with Crippen molar-refractivity contribution in [2.75, 3.05) is 36.6 Å². The van der Waals surface area contributed by atoms with Crippen molar-refractivity contribution in [3.63, 3.8) is 0 Å². The van der Waals surface area contributed by atoms with Gasteiger partial charge in [0.15, 0.2) is 5.82 Å². The maximum atomic E-state index is 12.4. The zero-order valence-electron chi connectivity index (χ0n) is 22.3. The molecule has 0 amide bonds. The molecule has 3 aromatic rings. The second kappa shape index (κ2) is 10.8. The Morgan fingerprint density at radius 3 is 2.62 bits per heavy atom. The molecule has 5 rings (SSSR count). The highest BCUT2D eigenvalue weighted by molar-refractivity contribution is 7.99. The van der Waals surface area contributed by atoms with Crippen LogP contribution in [0.5, 0.6) is 5.75 Å². The van der Waals surface area contributed by atoms with Gasteiger partial charge < -0.3 is 21.1 Å². The first-order valence-electron chi connectivity index (χ1n) is 12.8. The topological polar surface area (TPSA) is 146 Å². The number of hydrogen-bond donors (Lipinski definition) is 3. The van der Waals surface area contributed by atoms with Crippen LogP contribution >= 0.6 is 23.4 Å². The van der Waals surface area contributed by atoms with Gasteiger partial charge in [-0.05, 0) is 80.2 Å². The van der Waals surface area contributed by atoms with Gasteiger partial charge in [-0.15, -0.1) is 0 Å². The highest BCUT2D eigenvalue weighted by Crippen LogP contribution is 2.57. The first-order chi connectivity index (χ1) is 18.5. The van der Waals surface area contributed by atoms with E-state index in [2.05, 4.69) is 32.0 Å². The minimum Gasteiger partial charge on any atom is -0.497 e. The second-order valence-electron chi connectivity index (χ2n) is 10.9. The van der Waals surface area contributed by atoms with Crippen molar-refractivity contribution < 1.29 is 8.95 Å². The summed E-state index contributed by atoms with van der Waals surface area (Å²) in [5.41, 5.74) is 14.8. The summed E-state index contributed by atoms with van der Waals surface area (Å²) in [4.78, 5) is 16.2. The number of rotatable bonds is 7. The van der Waals surface area contributed by atoms with E-state index in [1.165, 1.54) is 22.9 Å². The van der Waals surface area contributed by atoms with Gasteiger partial charge >= 0.3 is 0 Å². The summed E-state index contributed by atoms with van der Waals surface area (Å²) in [6, 6.07) is 8.14. The zero-order valence-corrected chi connectivity index (χ0v) is 24.7. The van der Waals surface area contributed by atoms with Crippen LogP contribution in [-0.4, -0.2) is 44.1 Å². The molecule has 9 nitrogen and oxygen atoms in total. The molecule has 39 heavy (non-hydrogen) atoms. The third-order valence-electron chi connectivity index (χ3n) is 8.17. The summed E-state index contributed by atoms with van der Waals surface area (Å²) < 4.78 is 17.5. The number of nitrogens with zero attached hydrogens (tertiary/aromatic N) is 4. The molecule has 208 valence electrons. The average Bonchev–Trinajstić information content (AvgIpc) is 3.19. The van der Waals surface area contributed by atoms with E-state index in [-0.39, 0.29) is 17.2 Å². The molecule has 1 aliphatic heterocycles. The molecule has 1 aliphatic carbocycles. The normalized spacial score (nSPS) is 19.2. The van der Waals surface area contributed by atoms with Crippen molar-refractivity contribution >= 4 is 51.8 Å². The molecular formula is C27H34ClN7O2S2. The van der Waals surface area contributed by atoms with Crippen molar-refractivity contribution in [2.24, 2.45) is 10.6 Å². The summed E-state index contributed by atoms with van der Waals surface area (Å²) >= 11 is 7.61. The molecule has 1 spiro atoms. The Morgan fingerprint density at radius 1 is 1.21 bits per heavy atom. The molecule has 3 heterocycles. The number of benzene rings is 1. The fraction of sp³-hybridized carbons (Fsp3) is 0.444. The van der Waals surface area contributed by atoms with E-state index in [1.807, 2.05) is 19.9 Å². The average molecular weight is 588 g/mol. The summed E-state index contributed by atoms with van der Waals surface area (Å²) in [5, 5.41) is 6.87. The maximum Gasteiger partial charge on any atom is 0.158 e. The Hall–Kier alpha value is -2.60. The van der Waals surface area contributed by atoms with Gasteiger partial charge in [0, 0.05) is 24.2 Å². The maximum absolute atomic E-state index is 12.4. The summed E-state index contributed by atoms with van der Waals surface area (Å²) in [7, 11) is 0.260. The molecule has 2 aliphatic rings. The molecular weight excluding hydrogens is 554 g/mol.